The summed E-state index contributed by atoms with van der Waals surface area (Å²) < 4.78 is 49.9. The van der Waals surface area contributed by atoms with Crippen LogP contribution < -0.4 is 5.73 Å². The van der Waals surface area contributed by atoms with E-state index in [0.29, 0.717) is 6.92 Å². The van der Waals surface area contributed by atoms with E-state index >= 15 is 0 Å². The Hall–Kier alpha value is -1.33. The molecule has 0 radical (unpaired) electrons. The molecule has 0 spiro atoms. The van der Waals surface area contributed by atoms with Gasteiger partial charge in [-0.1, -0.05) is 0 Å². The second-order valence-corrected chi connectivity index (χ2v) is 2.97. The van der Waals surface area contributed by atoms with Crippen LogP contribution in [0.4, 0.5) is 23.4 Å². The Labute approximate surface area is 77.7 Å². The van der Waals surface area contributed by atoms with Gasteiger partial charge in [0.25, 0.3) is 0 Å². The number of rotatable bonds is 1. The number of nitrogen functional groups attached to an aromatic ring is 1. The van der Waals surface area contributed by atoms with E-state index in [1.807, 2.05) is 0 Å². The van der Waals surface area contributed by atoms with Crippen molar-refractivity contribution in [3.05, 3.63) is 23.9 Å². The van der Waals surface area contributed by atoms with E-state index in [0.717, 1.165) is 18.3 Å². The molecule has 0 saturated carbocycles. The van der Waals surface area contributed by atoms with Gasteiger partial charge in [0, 0.05) is 11.8 Å². The van der Waals surface area contributed by atoms with Crippen molar-refractivity contribution in [2.24, 2.45) is 0 Å². The van der Waals surface area contributed by atoms with E-state index in [1.54, 1.807) is 0 Å². The van der Waals surface area contributed by atoms with Gasteiger partial charge in [-0.15, -0.1) is 0 Å². The summed E-state index contributed by atoms with van der Waals surface area (Å²) in [6.07, 6.45) is -3.92. The van der Waals surface area contributed by atoms with Crippen molar-refractivity contribution in [1.29, 1.82) is 0 Å². The van der Waals surface area contributed by atoms with Crippen LogP contribution in [0.2, 0.25) is 0 Å². The number of hydrogen-bond donors (Lipinski definition) is 1. The van der Waals surface area contributed by atoms with Crippen LogP contribution in [-0.2, 0) is 5.67 Å². The summed E-state index contributed by atoms with van der Waals surface area (Å²) in [6, 6.07) is 1.82. The third-order valence-corrected chi connectivity index (χ3v) is 1.86. The van der Waals surface area contributed by atoms with E-state index in [9.17, 15) is 17.6 Å². The number of alkyl halides is 4. The molecule has 0 amide bonds. The van der Waals surface area contributed by atoms with Gasteiger partial charge in [0.05, 0.1) is 0 Å². The minimum Gasteiger partial charge on any atom is -0.384 e. The molecule has 0 aliphatic heterocycles. The Morgan fingerprint density at radius 1 is 1.29 bits per heavy atom. The molecule has 0 aliphatic rings. The van der Waals surface area contributed by atoms with Crippen LogP contribution in [0, 0.1) is 0 Å². The number of nitrogens with zero attached hydrogens (tertiary/aromatic N) is 1. The quantitative estimate of drug-likeness (QED) is 0.720. The van der Waals surface area contributed by atoms with Crippen LogP contribution in [-0.4, -0.2) is 11.2 Å². The Kier molecular flexibility index (Phi) is 2.39. The molecule has 78 valence electrons. The van der Waals surface area contributed by atoms with Gasteiger partial charge in [0.1, 0.15) is 5.82 Å². The molecule has 1 aromatic heterocycles. The molecule has 0 aliphatic carbocycles. The van der Waals surface area contributed by atoms with Gasteiger partial charge in [-0.05, 0) is 19.1 Å². The van der Waals surface area contributed by atoms with Gasteiger partial charge in [0.15, 0.2) is 0 Å². The minimum absolute atomic E-state index is 0.143. The molecule has 0 aromatic carbocycles. The third-order valence-electron chi connectivity index (χ3n) is 1.86. The predicted molar refractivity (Wildman–Crippen MR) is 43.2 cm³/mol. The first kappa shape index (κ1) is 10.7. The topological polar surface area (TPSA) is 38.9 Å². The fraction of sp³-hybridized carbons (Fsp3) is 0.375. The van der Waals surface area contributed by atoms with Crippen LogP contribution in [0.25, 0.3) is 0 Å². The zero-order chi connectivity index (χ0) is 11.0. The molecule has 6 heteroatoms. The minimum atomic E-state index is -4.96. The molecule has 0 fully saturated rings. The zero-order valence-electron chi connectivity index (χ0n) is 7.27. The van der Waals surface area contributed by atoms with Crippen molar-refractivity contribution in [3.8, 4) is 0 Å². The molecular formula is C8H8F4N2. The van der Waals surface area contributed by atoms with Gasteiger partial charge < -0.3 is 5.73 Å². The SMILES string of the molecule is CC(F)(c1ccnc(N)c1)C(F)(F)F. The van der Waals surface area contributed by atoms with Crippen LogP contribution in [0.3, 0.4) is 0 Å². The maximum Gasteiger partial charge on any atom is 0.426 e. The van der Waals surface area contributed by atoms with Gasteiger partial charge in [-0.25, -0.2) is 9.37 Å². The molecule has 2 nitrogen and oxygen atoms in total. The lowest BCUT2D eigenvalue weighted by molar-refractivity contribution is -0.228. The fourth-order valence-corrected chi connectivity index (χ4v) is 0.904. The number of hydrogen-bond acceptors (Lipinski definition) is 2. The van der Waals surface area contributed by atoms with Crippen molar-refractivity contribution in [2.45, 2.75) is 18.8 Å². The highest BCUT2D eigenvalue weighted by molar-refractivity contribution is 5.35. The number of halogens is 4. The van der Waals surface area contributed by atoms with Crippen LogP contribution in [0.5, 0.6) is 0 Å². The first-order valence-corrected chi connectivity index (χ1v) is 3.73. The molecule has 14 heavy (non-hydrogen) atoms. The van der Waals surface area contributed by atoms with Crippen molar-refractivity contribution < 1.29 is 17.6 Å². The van der Waals surface area contributed by atoms with Gasteiger partial charge in [-0.2, -0.15) is 13.2 Å². The smallest absolute Gasteiger partial charge is 0.384 e. The molecule has 2 N–H and O–H groups in total. The van der Waals surface area contributed by atoms with E-state index in [4.69, 9.17) is 5.73 Å². The molecule has 1 aromatic rings. The number of anilines is 1. The van der Waals surface area contributed by atoms with Gasteiger partial charge in [0.2, 0.25) is 5.67 Å². The summed E-state index contributed by atoms with van der Waals surface area (Å²) in [5.41, 5.74) is 1.21. The maximum atomic E-state index is 13.3. The summed E-state index contributed by atoms with van der Waals surface area (Å²) in [5.74, 6) is -0.143. The Morgan fingerprint density at radius 3 is 2.29 bits per heavy atom. The summed E-state index contributed by atoms with van der Waals surface area (Å²) in [6.45, 7) is 0.446. The molecule has 1 unspecified atom stereocenters. The Morgan fingerprint density at radius 2 is 1.86 bits per heavy atom. The lowest BCUT2D eigenvalue weighted by Crippen LogP contribution is -2.35. The summed E-state index contributed by atoms with van der Waals surface area (Å²) in [4.78, 5) is 3.48. The lowest BCUT2D eigenvalue weighted by atomic mass is 9.98. The largest absolute Gasteiger partial charge is 0.426 e. The van der Waals surface area contributed by atoms with Crippen LogP contribution in [0.15, 0.2) is 18.3 Å². The van der Waals surface area contributed by atoms with E-state index < -0.39 is 17.4 Å². The maximum absolute atomic E-state index is 13.3. The highest BCUT2D eigenvalue weighted by Gasteiger charge is 2.53. The molecule has 1 heterocycles. The highest BCUT2D eigenvalue weighted by atomic mass is 19.4. The molecule has 1 atom stereocenters. The van der Waals surface area contributed by atoms with Crippen molar-refractivity contribution in [3.63, 3.8) is 0 Å². The Bertz CT molecular complexity index is 332. The van der Waals surface area contributed by atoms with E-state index in [1.165, 1.54) is 0 Å². The van der Waals surface area contributed by atoms with Crippen molar-refractivity contribution in [2.75, 3.05) is 5.73 Å². The monoisotopic (exact) mass is 208 g/mol. The number of nitrogens with two attached hydrogens (primary N) is 1. The lowest BCUT2D eigenvalue weighted by Gasteiger charge is -2.23. The second kappa shape index (κ2) is 3.11. The summed E-state index contributed by atoms with van der Waals surface area (Å²) in [7, 11) is 0. The predicted octanol–water partition coefficient (Wildman–Crippen LogP) is 2.41. The highest BCUT2D eigenvalue weighted by Crippen LogP contribution is 2.42. The number of aromatic nitrogens is 1. The molecule has 0 saturated heterocycles. The zero-order valence-corrected chi connectivity index (χ0v) is 7.27. The average molecular weight is 208 g/mol. The number of pyridine rings is 1. The van der Waals surface area contributed by atoms with Crippen molar-refractivity contribution in [1.82, 2.24) is 4.98 Å². The van der Waals surface area contributed by atoms with Crippen molar-refractivity contribution >= 4 is 5.82 Å². The normalized spacial score (nSPS) is 16.4. The van der Waals surface area contributed by atoms with Crippen LogP contribution >= 0.6 is 0 Å². The molecule has 0 bridgehead atoms. The summed E-state index contributed by atoms with van der Waals surface area (Å²) in [5, 5.41) is 0. The first-order chi connectivity index (χ1) is 6.25. The Balaban J connectivity index is 3.16. The average Bonchev–Trinajstić information content (AvgIpc) is 2.02. The molecular weight excluding hydrogens is 200 g/mol. The van der Waals surface area contributed by atoms with E-state index in [-0.39, 0.29) is 5.82 Å². The summed E-state index contributed by atoms with van der Waals surface area (Å²) >= 11 is 0. The first-order valence-electron chi connectivity index (χ1n) is 3.73. The van der Waals surface area contributed by atoms with Crippen LogP contribution in [0.1, 0.15) is 12.5 Å². The van der Waals surface area contributed by atoms with Gasteiger partial charge >= 0.3 is 6.18 Å². The van der Waals surface area contributed by atoms with E-state index in [2.05, 4.69) is 4.98 Å². The fourth-order valence-electron chi connectivity index (χ4n) is 0.904. The third kappa shape index (κ3) is 1.78. The molecule has 1 rings (SSSR count). The second-order valence-electron chi connectivity index (χ2n) is 2.97. The van der Waals surface area contributed by atoms with Gasteiger partial charge in [-0.3, -0.25) is 0 Å². The standard InChI is InChI=1S/C8H8F4N2/c1-7(9,8(10,11)12)5-2-3-14-6(13)4-5/h2-4H,1H3,(H2,13,14).